The molecule has 2 rings (SSSR count). The number of rotatable bonds is 9. The fourth-order valence-electron chi connectivity index (χ4n) is 2.77. The van der Waals surface area contributed by atoms with Gasteiger partial charge in [-0.25, -0.2) is 0 Å². The zero-order valence-corrected chi connectivity index (χ0v) is 17.1. The molecular formula is C23H30N2O3. The van der Waals surface area contributed by atoms with Gasteiger partial charge in [-0.05, 0) is 44.4 Å². The molecule has 0 bridgehead atoms. The van der Waals surface area contributed by atoms with Gasteiger partial charge in [-0.2, -0.15) is 0 Å². The van der Waals surface area contributed by atoms with E-state index < -0.39 is 6.04 Å². The maximum Gasteiger partial charge on any atom is 0.261 e. The number of amides is 2. The van der Waals surface area contributed by atoms with Crippen molar-refractivity contribution in [3.8, 4) is 5.75 Å². The highest BCUT2D eigenvalue weighted by atomic mass is 16.5. The van der Waals surface area contributed by atoms with Crippen LogP contribution in [-0.4, -0.2) is 35.4 Å². The summed E-state index contributed by atoms with van der Waals surface area (Å²) in [6.07, 6.45) is 0.835. The molecule has 0 heterocycles. The lowest BCUT2D eigenvalue weighted by Gasteiger charge is -2.29. The van der Waals surface area contributed by atoms with Crippen LogP contribution in [0.1, 0.15) is 38.3 Å². The van der Waals surface area contributed by atoms with Crippen LogP contribution in [0.15, 0.2) is 54.6 Å². The lowest BCUT2D eigenvalue weighted by molar-refractivity contribution is -0.142. The predicted octanol–water partition coefficient (Wildman–Crippen LogP) is 3.71. The summed E-state index contributed by atoms with van der Waals surface area (Å²) in [6.45, 7) is 7.90. The first-order valence-corrected chi connectivity index (χ1v) is 9.74. The highest BCUT2D eigenvalue weighted by molar-refractivity contribution is 5.88. The Kier molecular flexibility index (Phi) is 8.05. The predicted molar refractivity (Wildman–Crippen MR) is 111 cm³/mol. The number of aryl methyl sites for hydroxylation is 1. The third-order valence-electron chi connectivity index (χ3n) is 4.81. The molecule has 28 heavy (non-hydrogen) atoms. The van der Waals surface area contributed by atoms with E-state index in [0.29, 0.717) is 12.3 Å². The van der Waals surface area contributed by atoms with Crippen molar-refractivity contribution in [1.29, 1.82) is 0 Å². The van der Waals surface area contributed by atoms with Crippen LogP contribution in [0.5, 0.6) is 5.75 Å². The standard InChI is InChI=1S/C23H30N2O3/c1-5-18(3)24-23(27)19(4)25(15-20-12-7-6-8-13-20)22(26)16-28-21-14-10-9-11-17(21)2/h6-14,18-19H,5,15-16H2,1-4H3,(H,24,27)/t18-,19-/m0/s1. The summed E-state index contributed by atoms with van der Waals surface area (Å²) < 4.78 is 5.73. The van der Waals surface area contributed by atoms with Gasteiger partial charge in [-0.3, -0.25) is 9.59 Å². The van der Waals surface area contributed by atoms with E-state index in [4.69, 9.17) is 4.74 Å². The Morgan fingerprint density at radius 2 is 1.68 bits per heavy atom. The van der Waals surface area contributed by atoms with E-state index in [1.165, 1.54) is 0 Å². The zero-order valence-electron chi connectivity index (χ0n) is 17.1. The average molecular weight is 383 g/mol. The first-order chi connectivity index (χ1) is 13.4. The van der Waals surface area contributed by atoms with Crippen LogP contribution < -0.4 is 10.1 Å². The molecule has 2 aromatic rings. The normalized spacial score (nSPS) is 12.7. The quantitative estimate of drug-likeness (QED) is 0.719. The largest absolute Gasteiger partial charge is 0.484 e. The summed E-state index contributed by atoms with van der Waals surface area (Å²) in [7, 11) is 0. The lowest BCUT2D eigenvalue weighted by atomic mass is 10.1. The monoisotopic (exact) mass is 382 g/mol. The van der Waals surface area contributed by atoms with Crippen molar-refractivity contribution in [2.24, 2.45) is 0 Å². The maximum atomic E-state index is 13.0. The highest BCUT2D eigenvalue weighted by Gasteiger charge is 2.27. The first-order valence-electron chi connectivity index (χ1n) is 9.74. The van der Waals surface area contributed by atoms with Crippen molar-refractivity contribution in [1.82, 2.24) is 10.2 Å². The average Bonchev–Trinajstić information content (AvgIpc) is 2.71. The molecule has 0 aliphatic rings. The third kappa shape index (κ3) is 6.12. The number of hydrogen-bond acceptors (Lipinski definition) is 3. The fourth-order valence-corrected chi connectivity index (χ4v) is 2.77. The van der Waals surface area contributed by atoms with Gasteiger partial charge < -0.3 is 15.0 Å². The van der Waals surface area contributed by atoms with Crippen molar-refractivity contribution >= 4 is 11.8 Å². The summed E-state index contributed by atoms with van der Waals surface area (Å²) in [5.41, 5.74) is 1.93. The van der Waals surface area contributed by atoms with Crippen LogP contribution in [0.3, 0.4) is 0 Å². The molecule has 0 radical (unpaired) electrons. The molecule has 0 saturated heterocycles. The van der Waals surface area contributed by atoms with Crippen LogP contribution in [0.4, 0.5) is 0 Å². The third-order valence-corrected chi connectivity index (χ3v) is 4.81. The molecule has 0 unspecified atom stereocenters. The minimum atomic E-state index is -0.595. The summed E-state index contributed by atoms with van der Waals surface area (Å²) in [5.74, 6) is 0.292. The topological polar surface area (TPSA) is 58.6 Å². The van der Waals surface area contributed by atoms with Crippen LogP contribution >= 0.6 is 0 Å². The van der Waals surface area contributed by atoms with Crippen molar-refractivity contribution in [2.75, 3.05) is 6.61 Å². The van der Waals surface area contributed by atoms with Gasteiger partial charge in [0.05, 0.1) is 0 Å². The number of ether oxygens (including phenoxy) is 1. The Bertz CT molecular complexity index is 776. The first kappa shape index (κ1) is 21.5. The SMILES string of the molecule is CC[C@H](C)NC(=O)[C@H](C)N(Cc1ccccc1)C(=O)COc1ccccc1C. The molecule has 0 aliphatic carbocycles. The molecule has 2 amide bonds. The van der Waals surface area contributed by atoms with Crippen LogP contribution in [0, 0.1) is 6.92 Å². The fraction of sp³-hybridized carbons (Fsp3) is 0.391. The number of carbonyl (C=O) groups excluding carboxylic acids is 2. The van der Waals surface area contributed by atoms with E-state index >= 15 is 0 Å². The molecule has 0 aromatic heterocycles. The van der Waals surface area contributed by atoms with Gasteiger partial charge in [0.15, 0.2) is 6.61 Å². The van der Waals surface area contributed by atoms with E-state index in [1.54, 1.807) is 11.8 Å². The maximum absolute atomic E-state index is 13.0. The van der Waals surface area contributed by atoms with E-state index in [-0.39, 0.29) is 24.5 Å². The molecule has 1 N–H and O–H groups in total. The van der Waals surface area contributed by atoms with Crippen molar-refractivity contribution in [3.63, 3.8) is 0 Å². The Balaban J connectivity index is 2.13. The van der Waals surface area contributed by atoms with Crippen LogP contribution in [0.2, 0.25) is 0 Å². The van der Waals surface area contributed by atoms with Gasteiger partial charge in [-0.15, -0.1) is 0 Å². The summed E-state index contributed by atoms with van der Waals surface area (Å²) in [4.78, 5) is 27.2. The number of benzene rings is 2. The van der Waals surface area contributed by atoms with Gasteiger partial charge in [0.25, 0.3) is 5.91 Å². The Labute approximate surface area is 167 Å². The number of nitrogens with one attached hydrogen (secondary N) is 1. The van der Waals surface area contributed by atoms with E-state index in [9.17, 15) is 9.59 Å². The molecule has 0 fully saturated rings. The molecule has 2 atom stereocenters. The molecule has 2 aromatic carbocycles. The number of para-hydroxylation sites is 1. The van der Waals surface area contributed by atoms with Crippen LogP contribution in [-0.2, 0) is 16.1 Å². The van der Waals surface area contributed by atoms with Gasteiger partial charge in [-0.1, -0.05) is 55.5 Å². The molecule has 0 saturated carbocycles. The Morgan fingerprint density at radius 3 is 2.32 bits per heavy atom. The minimum Gasteiger partial charge on any atom is -0.484 e. The van der Waals surface area contributed by atoms with Gasteiger partial charge in [0, 0.05) is 12.6 Å². The minimum absolute atomic E-state index is 0.0619. The number of hydrogen-bond donors (Lipinski definition) is 1. The number of carbonyl (C=O) groups is 2. The van der Waals surface area contributed by atoms with Crippen molar-refractivity contribution in [2.45, 2.75) is 52.7 Å². The van der Waals surface area contributed by atoms with Crippen molar-refractivity contribution < 1.29 is 14.3 Å². The smallest absolute Gasteiger partial charge is 0.261 e. The number of nitrogens with zero attached hydrogens (tertiary/aromatic N) is 1. The van der Waals surface area contributed by atoms with E-state index in [2.05, 4.69) is 5.32 Å². The van der Waals surface area contributed by atoms with E-state index in [0.717, 1.165) is 17.5 Å². The molecule has 5 nitrogen and oxygen atoms in total. The van der Waals surface area contributed by atoms with Gasteiger partial charge in [0.1, 0.15) is 11.8 Å². The summed E-state index contributed by atoms with van der Waals surface area (Å²) in [5, 5.41) is 2.96. The Morgan fingerprint density at radius 1 is 1.04 bits per heavy atom. The second-order valence-electron chi connectivity index (χ2n) is 7.06. The lowest BCUT2D eigenvalue weighted by Crippen LogP contribution is -2.50. The second kappa shape index (κ2) is 10.5. The van der Waals surface area contributed by atoms with Gasteiger partial charge in [0.2, 0.25) is 5.91 Å². The summed E-state index contributed by atoms with van der Waals surface area (Å²) in [6, 6.07) is 16.7. The second-order valence-corrected chi connectivity index (χ2v) is 7.06. The summed E-state index contributed by atoms with van der Waals surface area (Å²) >= 11 is 0. The molecule has 0 spiro atoms. The molecular weight excluding hydrogens is 352 g/mol. The van der Waals surface area contributed by atoms with E-state index in [1.807, 2.05) is 75.4 Å². The van der Waals surface area contributed by atoms with Gasteiger partial charge >= 0.3 is 0 Å². The molecule has 0 aliphatic heterocycles. The Hall–Kier alpha value is -2.82. The molecule has 150 valence electrons. The van der Waals surface area contributed by atoms with Crippen LogP contribution in [0.25, 0.3) is 0 Å². The van der Waals surface area contributed by atoms with Crippen molar-refractivity contribution in [3.05, 3.63) is 65.7 Å². The molecule has 5 heteroatoms. The highest BCUT2D eigenvalue weighted by Crippen LogP contribution is 2.17. The zero-order chi connectivity index (χ0) is 20.5.